The zero-order valence-electron chi connectivity index (χ0n) is 8.74. The third kappa shape index (κ3) is 1.98. The van der Waals surface area contributed by atoms with Gasteiger partial charge in [-0.3, -0.25) is 0 Å². The smallest absolute Gasteiger partial charge is 0.350 e. The molecule has 1 saturated heterocycles. The third-order valence-corrected chi connectivity index (χ3v) is 2.68. The van der Waals surface area contributed by atoms with Crippen LogP contribution >= 0.6 is 0 Å². The molecular weight excluding hydrogens is 239 g/mol. The number of ether oxygens (including phenoxy) is 2. The summed E-state index contributed by atoms with van der Waals surface area (Å²) in [6.07, 6.45) is 0.921. The predicted octanol–water partition coefficient (Wildman–Crippen LogP) is 1.66. The van der Waals surface area contributed by atoms with Crippen molar-refractivity contribution >= 4 is 6.21 Å². The van der Waals surface area contributed by atoms with Crippen LogP contribution in [0.15, 0.2) is 5.16 Å². The van der Waals surface area contributed by atoms with E-state index in [0.717, 1.165) is 6.21 Å². The fourth-order valence-electron chi connectivity index (χ4n) is 1.88. The van der Waals surface area contributed by atoms with Gasteiger partial charge in [0.05, 0.1) is 12.1 Å². The van der Waals surface area contributed by atoms with E-state index in [0.29, 0.717) is 6.42 Å². The molecule has 0 aromatic heterocycles. The lowest BCUT2D eigenvalue weighted by Gasteiger charge is -2.40. The highest BCUT2D eigenvalue weighted by molar-refractivity contribution is 5.63. The second-order valence-electron chi connectivity index (χ2n) is 3.76. The van der Waals surface area contributed by atoms with Gasteiger partial charge in [0.25, 0.3) is 0 Å². The molecule has 0 amide bonds. The molecule has 0 aromatic rings. The summed E-state index contributed by atoms with van der Waals surface area (Å²) >= 11 is 0. The van der Waals surface area contributed by atoms with Crippen LogP contribution in [-0.2, 0) is 14.3 Å². The van der Waals surface area contributed by atoms with E-state index >= 15 is 0 Å². The molecule has 17 heavy (non-hydrogen) atoms. The molecule has 0 radical (unpaired) electrons. The molecule has 2 aliphatic heterocycles. The van der Waals surface area contributed by atoms with Crippen LogP contribution in [0.25, 0.3) is 0 Å². The number of oxime groups is 1. The van der Waals surface area contributed by atoms with Crippen molar-refractivity contribution in [2.24, 2.45) is 11.1 Å². The molecule has 4 nitrogen and oxygen atoms in total. The number of terminal acetylenes is 1. The maximum Gasteiger partial charge on any atom is 0.458 e. The minimum atomic E-state index is -4.67. The van der Waals surface area contributed by atoms with Crippen molar-refractivity contribution in [2.45, 2.75) is 31.1 Å². The lowest BCUT2D eigenvalue weighted by atomic mass is 9.91. The summed E-state index contributed by atoms with van der Waals surface area (Å²) in [6.45, 7) is -0.107. The molecule has 94 valence electrons. The van der Waals surface area contributed by atoms with Crippen LogP contribution in [0.2, 0.25) is 0 Å². The van der Waals surface area contributed by atoms with Crippen molar-refractivity contribution in [3.05, 3.63) is 0 Å². The van der Waals surface area contributed by atoms with Crippen LogP contribution < -0.4 is 0 Å². The number of halogens is 3. The average molecular weight is 249 g/mol. The molecule has 2 heterocycles. The van der Waals surface area contributed by atoms with Crippen molar-refractivity contribution in [3.8, 4) is 12.3 Å². The molecule has 0 aromatic carbocycles. The van der Waals surface area contributed by atoms with Crippen molar-refractivity contribution in [1.82, 2.24) is 0 Å². The van der Waals surface area contributed by atoms with E-state index in [9.17, 15) is 13.2 Å². The third-order valence-electron chi connectivity index (χ3n) is 2.68. The first-order valence-corrected chi connectivity index (χ1v) is 5.01. The Morgan fingerprint density at radius 3 is 2.94 bits per heavy atom. The molecule has 7 heteroatoms. The lowest BCUT2D eigenvalue weighted by molar-refractivity contribution is -0.429. The van der Waals surface area contributed by atoms with E-state index in [-0.39, 0.29) is 13.0 Å². The molecule has 1 fully saturated rings. The Balaban J connectivity index is 2.13. The second-order valence-corrected chi connectivity index (χ2v) is 3.76. The number of fused-ring (bicyclic) bond motifs is 1. The van der Waals surface area contributed by atoms with Crippen LogP contribution in [0, 0.1) is 18.3 Å². The van der Waals surface area contributed by atoms with Crippen LogP contribution in [0.1, 0.15) is 12.8 Å². The van der Waals surface area contributed by atoms with Crippen LogP contribution in [-0.4, -0.2) is 31.1 Å². The van der Waals surface area contributed by atoms with E-state index in [1.165, 1.54) is 0 Å². The Hall–Kier alpha value is -1.26. The number of hydrogen-bond acceptors (Lipinski definition) is 4. The summed E-state index contributed by atoms with van der Waals surface area (Å²) in [4.78, 5) is 4.41. The van der Waals surface area contributed by atoms with Crippen molar-refractivity contribution in [1.29, 1.82) is 0 Å². The summed E-state index contributed by atoms with van der Waals surface area (Å²) in [5.74, 6) is -1.48. The molecule has 3 unspecified atom stereocenters. The Labute approximate surface area is 95.7 Å². The number of nitrogens with zero attached hydrogens (tertiary/aromatic N) is 1. The van der Waals surface area contributed by atoms with Gasteiger partial charge in [-0.15, -0.1) is 6.42 Å². The quantitative estimate of drug-likeness (QED) is 0.699. The summed E-state index contributed by atoms with van der Waals surface area (Å²) in [5.41, 5.74) is 0. The molecule has 0 bridgehead atoms. The number of hydrogen-bond donors (Lipinski definition) is 0. The summed E-state index contributed by atoms with van der Waals surface area (Å²) in [7, 11) is 0. The van der Waals surface area contributed by atoms with Crippen molar-refractivity contribution in [2.75, 3.05) is 6.61 Å². The summed E-state index contributed by atoms with van der Waals surface area (Å²) in [5, 5.41) is 3.22. The highest BCUT2D eigenvalue weighted by atomic mass is 19.4. The Bertz CT molecular complexity index is 363. The van der Waals surface area contributed by atoms with Gasteiger partial charge in [-0.25, -0.2) is 0 Å². The molecular formula is C10H10F3NO3. The first-order valence-electron chi connectivity index (χ1n) is 5.01. The van der Waals surface area contributed by atoms with Crippen LogP contribution in [0.5, 0.6) is 0 Å². The van der Waals surface area contributed by atoms with Gasteiger partial charge < -0.3 is 14.3 Å². The molecule has 0 spiro atoms. The molecule has 0 saturated carbocycles. The van der Waals surface area contributed by atoms with Gasteiger partial charge in [0, 0.05) is 0 Å². The van der Waals surface area contributed by atoms with Gasteiger partial charge in [-0.05, 0) is 12.8 Å². The molecule has 3 atom stereocenters. The van der Waals surface area contributed by atoms with Gasteiger partial charge in [0.2, 0.25) is 0 Å². The first-order chi connectivity index (χ1) is 7.99. The van der Waals surface area contributed by atoms with E-state index in [1.807, 2.05) is 0 Å². The largest absolute Gasteiger partial charge is 0.458 e. The standard InChI is InChI=1S/C10H10F3NO3/c1-2-5-15-8-4-3-7-6-14-17-9(7,16-8)10(11,12)13/h1,6-8H,3-5H2. The highest BCUT2D eigenvalue weighted by Gasteiger charge is 2.68. The highest BCUT2D eigenvalue weighted by Crippen LogP contribution is 2.48. The molecule has 2 aliphatic rings. The summed E-state index contributed by atoms with van der Waals surface area (Å²) < 4.78 is 48.7. The maximum atomic E-state index is 13.0. The zero-order valence-corrected chi connectivity index (χ0v) is 8.74. The van der Waals surface area contributed by atoms with Gasteiger partial charge >= 0.3 is 12.0 Å². The van der Waals surface area contributed by atoms with E-state index in [4.69, 9.17) is 15.9 Å². The average Bonchev–Trinajstić information content (AvgIpc) is 2.69. The predicted molar refractivity (Wildman–Crippen MR) is 50.7 cm³/mol. The Morgan fingerprint density at radius 2 is 2.29 bits per heavy atom. The van der Waals surface area contributed by atoms with E-state index < -0.39 is 24.2 Å². The topological polar surface area (TPSA) is 40.0 Å². The van der Waals surface area contributed by atoms with Crippen LogP contribution in [0.4, 0.5) is 13.2 Å². The fraction of sp³-hybridized carbons (Fsp3) is 0.700. The van der Waals surface area contributed by atoms with Gasteiger partial charge in [0.15, 0.2) is 6.29 Å². The van der Waals surface area contributed by atoms with E-state index in [2.05, 4.69) is 15.9 Å². The molecule has 2 rings (SSSR count). The minimum Gasteiger partial charge on any atom is -0.350 e. The molecule has 0 aliphatic carbocycles. The lowest BCUT2D eigenvalue weighted by Crippen LogP contribution is -2.57. The molecule has 0 N–H and O–H groups in total. The van der Waals surface area contributed by atoms with Crippen LogP contribution in [0.3, 0.4) is 0 Å². The fourth-order valence-corrected chi connectivity index (χ4v) is 1.88. The van der Waals surface area contributed by atoms with E-state index in [1.54, 1.807) is 0 Å². The second kappa shape index (κ2) is 4.20. The number of alkyl halides is 3. The summed E-state index contributed by atoms with van der Waals surface area (Å²) in [6, 6.07) is 0. The Morgan fingerprint density at radius 1 is 1.53 bits per heavy atom. The first kappa shape index (κ1) is 12.2. The number of rotatable bonds is 2. The minimum absolute atomic E-state index is 0.107. The van der Waals surface area contributed by atoms with Crippen molar-refractivity contribution in [3.63, 3.8) is 0 Å². The SMILES string of the molecule is C#CCOC1CCC2C=NOC2(C(F)(F)F)O1. The van der Waals surface area contributed by atoms with Gasteiger partial charge in [-0.2, -0.15) is 13.2 Å². The zero-order chi connectivity index (χ0) is 12.5. The maximum absolute atomic E-state index is 13.0. The normalized spacial score (nSPS) is 36.1. The van der Waals surface area contributed by atoms with Gasteiger partial charge in [-0.1, -0.05) is 11.1 Å². The monoisotopic (exact) mass is 249 g/mol. The van der Waals surface area contributed by atoms with Crippen molar-refractivity contribution < 1.29 is 27.5 Å². The Kier molecular flexibility index (Phi) is 3.02. The van der Waals surface area contributed by atoms with Gasteiger partial charge in [0.1, 0.15) is 6.61 Å².